The zero-order valence-corrected chi connectivity index (χ0v) is 15.7. The van der Waals surface area contributed by atoms with Crippen molar-refractivity contribution >= 4 is 39.1 Å². The number of nitrogens with one attached hydrogen (secondary N) is 2. The Morgan fingerprint density at radius 2 is 1.89 bits per heavy atom. The number of hydrogen-bond acceptors (Lipinski definition) is 6. The smallest absolute Gasteiger partial charge is 0.314 e. The molecule has 0 spiro atoms. The molecule has 2 heterocycles. The summed E-state index contributed by atoms with van der Waals surface area (Å²) in [6.07, 6.45) is 0.315. The number of rotatable bonds is 5. The summed E-state index contributed by atoms with van der Waals surface area (Å²) in [5.41, 5.74) is 1.25. The van der Waals surface area contributed by atoms with Gasteiger partial charge in [0.25, 0.3) is 0 Å². The topological polar surface area (TPSA) is 130 Å². The SMILES string of the molecule is O=C(NCCCO)C(=O)Nc1c2c(nn1-c1ccc(Cl)cc1)CS(=O)(=O)C2. The Kier molecular flexibility index (Phi) is 5.49. The van der Waals surface area contributed by atoms with Crippen LogP contribution < -0.4 is 10.6 Å². The van der Waals surface area contributed by atoms with E-state index in [0.29, 0.717) is 28.4 Å². The van der Waals surface area contributed by atoms with Gasteiger partial charge in [-0.3, -0.25) is 9.59 Å². The second kappa shape index (κ2) is 7.67. The number of halogens is 1. The number of fused-ring (bicyclic) bond motifs is 1. The van der Waals surface area contributed by atoms with Gasteiger partial charge in [-0.1, -0.05) is 11.6 Å². The Hall–Kier alpha value is -2.43. The van der Waals surface area contributed by atoms with Gasteiger partial charge in [0.05, 0.1) is 22.9 Å². The van der Waals surface area contributed by atoms with E-state index in [2.05, 4.69) is 15.7 Å². The quantitative estimate of drug-likeness (QED) is 0.481. The van der Waals surface area contributed by atoms with Crippen LogP contribution in [0, 0.1) is 0 Å². The number of hydrogen-bond donors (Lipinski definition) is 3. The van der Waals surface area contributed by atoms with Crippen LogP contribution in [0.4, 0.5) is 5.82 Å². The Bertz CT molecular complexity index is 985. The van der Waals surface area contributed by atoms with Crippen LogP contribution in [0.3, 0.4) is 0 Å². The molecule has 0 saturated carbocycles. The number of anilines is 1. The first-order chi connectivity index (χ1) is 12.8. The van der Waals surface area contributed by atoms with Gasteiger partial charge in [-0.25, -0.2) is 13.1 Å². The molecule has 1 aromatic heterocycles. The monoisotopic (exact) mass is 412 g/mol. The van der Waals surface area contributed by atoms with Gasteiger partial charge in [0.2, 0.25) is 0 Å². The Morgan fingerprint density at radius 3 is 2.56 bits per heavy atom. The minimum Gasteiger partial charge on any atom is -0.396 e. The van der Waals surface area contributed by atoms with E-state index >= 15 is 0 Å². The van der Waals surface area contributed by atoms with Gasteiger partial charge in [0, 0.05) is 23.7 Å². The van der Waals surface area contributed by atoms with Crippen LogP contribution in [-0.2, 0) is 30.9 Å². The first-order valence-corrected chi connectivity index (χ1v) is 10.3. The lowest BCUT2D eigenvalue weighted by atomic mass is 10.2. The molecule has 0 radical (unpaired) electrons. The summed E-state index contributed by atoms with van der Waals surface area (Å²) in [6.45, 7) is 0.0300. The highest BCUT2D eigenvalue weighted by Crippen LogP contribution is 2.33. The predicted octanol–water partition coefficient (Wildman–Crippen LogP) is 0.391. The molecule has 11 heteroatoms. The minimum absolute atomic E-state index is 0.114. The predicted molar refractivity (Wildman–Crippen MR) is 98.2 cm³/mol. The van der Waals surface area contributed by atoms with Gasteiger partial charge >= 0.3 is 11.8 Å². The van der Waals surface area contributed by atoms with Crippen LogP contribution >= 0.6 is 11.6 Å². The molecule has 0 unspecified atom stereocenters. The van der Waals surface area contributed by atoms with E-state index in [0.717, 1.165) is 0 Å². The molecule has 1 aliphatic heterocycles. The number of carbonyl (C=O) groups is 2. The molecule has 1 aromatic carbocycles. The highest BCUT2D eigenvalue weighted by molar-refractivity contribution is 7.90. The highest BCUT2D eigenvalue weighted by Gasteiger charge is 2.33. The zero-order valence-electron chi connectivity index (χ0n) is 14.1. The first-order valence-electron chi connectivity index (χ1n) is 8.08. The van der Waals surface area contributed by atoms with E-state index in [-0.39, 0.29) is 30.5 Å². The molecule has 0 bridgehead atoms. The summed E-state index contributed by atoms with van der Waals surface area (Å²) in [6, 6.07) is 6.59. The van der Waals surface area contributed by atoms with Crippen LogP contribution in [0.1, 0.15) is 17.7 Å². The third-order valence-corrected chi connectivity index (χ3v) is 5.61. The number of aliphatic hydroxyl groups excluding tert-OH is 1. The number of sulfone groups is 1. The number of carbonyl (C=O) groups excluding carboxylic acids is 2. The number of benzene rings is 1. The molecule has 3 rings (SSSR count). The minimum atomic E-state index is -3.34. The normalized spacial score (nSPS) is 14.6. The summed E-state index contributed by atoms with van der Waals surface area (Å²) >= 11 is 5.89. The van der Waals surface area contributed by atoms with Crippen LogP contribution in [0.2, 0.25) is 5.02 Å². The van der Waals surface area contributed by atoms with Gasteiger partial charge in [-0.15, -0.1) is 0 Å². The second-order valence-electron chi connectivity index (χ2n) is 5.98. The average Bonchev–Trinajstić information content (AvgIpc) is 3.08. The molecule has 0 atom stereocenters. The van der Waals surface area contributed by atoms with Crippen LogP contribution in [0.25, 0.3) is 5.69 Å². The van der Waals surface area contributed by atoms with Gasteiger partial charge < -0.3 is 15.7 Å². The van der Waals surface area contributed by atoms with E-state index in [1.165, 1.54) is 4.68 Å². The average molecular weight is 413 g/mol. The second-order valence-corrected chi connectivity index (χ2v) is 8.48. The fourth-order valence-corrected chi connectivity index (χ4v) is 4.29. The summed E-state index contributed by atoms with van der Waals surface area (Å²) in [4.78, 5) is 24.1. The summed E-state index contributed by atoms with van der Waals surface area (Å²) in [5, 5.41) is 18.4. The summed E-state index contributed by atoms with van der Waals surface area (Å²) in [7, 11) is -3.34. The number of aromatic nitrogens is 2. The van der Waals surface area contributed by atoms with Crippen molar-refractivity contribution in [2.45, 2.75) is 17.9 Å². The maximum Gasteiger partial charge on any atom is 0.314 e. The van der Waals surface area contributed by atoms with Crippen molar-refractivity contribution < 1.29 is 23.1 Å². The molecule has 9 nitrogen and oxygen atoms in total. The first kappa shape index (κ1) is 19.3. The molecule has 2 aromatic rings. The molecule has 0 aliphatic carbocycles. The van der Waals surface area contributed by atoms with E-state index < -0.39 is 21.7 Å². The largest absolute Gasteiger partial charge is 0.396 e. The summed E-state index contributed by atoms with van der Waals surface area (Å²) < 4.78 is 25.2. The third kappa shape index (κ3) is 4.29. The van der Waals surface area contributed by atoms with E-state index in [1.54, 1.807) is 24.3 Å². The fraction of sp³-hybridized carbons (Fsp3) is 0.312. The number of aliphatic hydroxyl groups is 1. The van der Waals surface area contributed by atoms with Crippen molar-refractivity contribution in [1.82, 2.24) is 15.1 Å². The summed E-state index contributed by atoms with van der Waals surface area (Å²) in [5.74, 6) is -2.20. The molecule has 0 fully saturated rings. The van der Waals surface area contributed by atoms with Crippen molar-refractivity contribution in [3.63, 3.8) is 0 Å². The molecular formula is C16H17ClN4O5S. The van der Waals surface area contributed by atoms with Gasteiger partial charge in [-0.2, -0.15) is 5.10 Å². The number of amides is 2. The molecule has 1 aliphatic rings. The lowest BCUT2D eigenvalue weighted by Crippen LogP contribution is -2.36. The molecule has 2 amide bonds. The Balaban J connectivity index is 1.92. The van der Waals surface area contributed by atoms with Crippen LogP contribution in [0.5, 0.6) is 0 Å². The lowest BCUT2D eigenvalue weighted by Gasteiger charge is -2.11. The van der Waals surface area contributed by atoms with Gasteiger partial charge in [0.1, 0.15) is 5.82 Å². The van der Waals surface area contributed by atoms with E-state index in [9.17, 15) is 18.0 Å². The molecule has 3 N–H and O–H groups in total. The van der Waals surface area contributed by atoms with Crippen molar-refractivity contribution in [2.75, 3.05) is 18.5 Å². The highest BCUT2D eigenvalue weighted by atomic mass is 35.5. The Morgan fingerprint density at radius 1 is 1.19 bits per heavy atom. The van der Waals surface area contributed by atoms with E-state index in [4.69, 9.17) is 16.7 Å². The van der Waals surface area contributed by atoms with Gasteiger partial charge in [-0.05, 0) is 30.7 Å². The van der Waals surface area contributed by atoms with Crippen molar-refractivity contribution in [2.24, 2.45) is 0 Å². The molecule has 144 valence electrons. The van der Waals surface area contributed by atoms with Gasteiger partial charge in [0.15, 0.2) is 9.84 Å². The lowest BCUT2D eigenvalue weighted by molar-refractivity contribution is -0.136. The standard InChI is InChI=1S/C16H17ClN4O5S/c17-10-2-4-11(5-3-10)21-14(12-8-27(25,26)9-13(12)20-21)19-16(24)15(23)18-6-1-7-22/h2-5,22H,1,6-9H2,(H,18,23)(H,19,24). The zero-order chi connectivity index (χ0) is 19.6. The van der Waals surface area contributed by atoms with Crippen molar-refractivity contribution in [1.29, 1.82) is 0 Å². The molecular weight excluding hydrogens is 396 g/mol. The maximum absolute atomic E-state index is 12.2. The van der Waals surface area contributed by atoms with Crippen molar-refractivity contribution in [3.8, 4) is 5.69 Å². The van der Waals surface area contributed by atoms with Crippen LogP contribution in [-0.4, -0.2) is 48.3 Å². The third-order valence-electron chi connectivity index (χ3n) is 3.92. The van der Waals surface area contributed by atoms with Crippen LogP contribution in [0.15, 0.2) is 24.3 Å². The Labute approximate surface area is 160 Å². The molecule has 27 heavy (non-hydrogen) atoms. The maximum atomic E-state index is 12.2. The number of nitrogens with zero attached hydrogens (tertiary/aromatic N) is 2. The van der Waals surface area contributed by atoms with Crippen molar-refractivity contribution in [3.05, 3.63) is 40.5 Å². The van der Waals surface area contributed by atoms with E-state index in [1.807, 2.05) is 0 Å². The molecule has 0 saturated heterocycles. The fourth-order valence-electron chi connectivity index (χ4n) is 2.67.